The molecule has 0 saturated carbocycles. The zero-order valence-corrected chi connectivity index (χ0v) is 15.3. The number of carbonyl (C=O) groups is 1. The highest BCUT2D eigenvalue weighted by molar-refractivity contribution is 7.92. The Morgan fingerprint density at radius 1 is 1.08 bits per heavy atom. The van der Waals surface area contributed by atoms with E-state index in [1.54, 1.807) is 61.6 Å². The van der Waals surface area contributed by atoms with Crippen molar-refractivity contribution in [2.45, 2.75) is 0 Å². The number of nitrogens with one attached hydrogen (secondary N) is 1. The number of sulfonamides is 1. The van der Waals surface area contributed by atoms with E-state index in [-0.39, 0.29) is 18.2 Å². The first-order valence-electron chi connectivity index (χ1n) is 7.75. The van der Waals surface area contributed by atoms with E-state index in [1.165, 1.54) is 11.4 Å². The van der Waals surface area contributed by atoms with Gasteiger partial charge in [-0.1, -0.05) is 18.2 Å². The highest BCUT2D eigenvalue weighted by atomic mass is 32.2. The van der Waals surface area contributed by atoms with Crippen molar-refractivity contribution in [1.29, 1.82) is 0 Å². The van der Waals surface area contributed by atoms with Crippen LogP contribution in [0.3, 0.4) is 0 Å². The zero-order valence-electron chi connectivity index (χ0n) is 14.5. The fourth-order valence-electron chi connectivity index (χ4n) is 2.25. The lowest BCUT2D eigenvalue weighted by molar-refractivity contribution is 0.0956. The third-order valence-corrected chi connectivity index (χ3v) is 5.40. The summed E-state index contributed by atoms with van der Waals surface area (Å²) in [6, 6.07) is 12.1. The van der Waals surface area contributed by atoms with Crippen molar-refractivity contribution >= 4 is 27.4 Å². The number of aromatic nitrogens is 1. The maximum atomic E-state index is 12.4. The molecule has 0 fully saturated rings. The van der Waals surface area contributed by atoms with Gasteiger partial charge in [-0.05, 0) is 24.3 Å². The molecular weight excluding hydrogens is 340 g/mol. The number of nitrogens with zero attached hydrogens (tertiary/aromatic N) is 3. The summed E-state index contributed by atoms with van der Waals surface area (Å²) < 4.78 is 26.0. The molecule has 0 aliphatic heterocycles. The second kappa shape index (κ2) is 7.98. The minimum absolute atomic E-state index is 0.0140. The molecule has 2 aromatic rings. The van der Waals surface area contributed by atoms with Crippen molar-refractivity contribution < 1.29 is 13.2 Å². The molecule has 0 bridgehead atoms. The predicted octanol–water partition coefficient (Wildman–Crippen LogP) is 1.34. The number of benzene rings is 1. The van der Waals surface area contributed by atoms with Gasteiger partial charge in [-0.3, -0.25) is 9.10 Å². The van der Waals surface area contributed by atoms with Gasteiger partial charge in [0.15, 0.2) is 0 Å². The summed E-state index contributed by atoms with van der Waals surface area (Å²) in [4.78, 5) is 18.2. The Morgan fingerprint density at radius 2 is 1.76 bits per heavy atom. The monoisotopic (exact) mass is 362 g/mol. The molecule has 0 aliphatic rings. The Labute approximate surface area is 148 Å². The smallest absolute Gasteiger partial charge is 0.255 e. The Hall–Kier alpha value is -2.61. The van der Waals surface area contributed by atoms with Crippen molar-refractivity contribution in [2.24, 2.45) is 0 Å². The molecule has 2 rings (SSSR count). The van der Waals surface area contributed by atoms with Crippen LogP contribution in [0.4, 0.5) is 11.5 Å². The number of rotatable bonds is 7. The van der Waals surface area contributed by atoms with Gasteiger partial charge in [0.05, 0.1) is 17.0 Å². The van der Waals surface area contributed by atoms with Gasteiger partial charge in [-0.25, -0.2) is 13.4 Å². The molecule has 8 heteroatoms. The van der Waals surface area contributed by atoms with Crippen LogP contribution in [-0.4, -0.2) is 52.7 Å². The van der Waals surface area contributed by atoms with E-state index in [0.717, 1.165) is 0 Å². The quantitative estimate of drug-likeness (QED) is 0.804. The van der Waals surface area contributed by atoms with Crippen LogP contribution in [0.15, 0.2) is 48.7 Å². The van der Waals surface area contributed by atoms with E-state index in [0.29, 0.717) is 17.1 Å². The topological polar surface area (TPSA) is 82.6 Å². The Kier molecular flexibility index (Phi) is 5.97. The molecular formula is C17H22N4O3S. The summed E-state index contributed by atoms with van der Waals surface area (Å²) in [7, 11) is 1.55. The first-order valence-corrected chi connectivity index (χ1v) is 9.36. The minimum atomic E-state index is -3.53. The van der Waals surface area contributed by atoms with Gasteiger partial charge in [0.1, 0.15) is 5.82 Å². The maximum Gasteiger partial charge on any atom is 0.255 e. The van der Waals surface area contributed by atoms with Crippen LogP contribution in [0.1, 0.15) is 10.4 Å². The SMILES string of the molecule is CN(C)c1ncccc1C(=O)NCCS(=O)(=O)N(C)c1ccccc1. The molecule has 25 heavy (non-hydrogen) atoms. The van der Waals surface area contributed by atoms with Crippen molar-refractivity contribution in [3.05, 3.63) is 54.2 Å². The van der Waals surface area contributed by atoms with Crippen LogP contribution in [0.25, 0.3) is 0 Å². The predicted molar refractivity (Wildman–Crippen MR) is 99.5 cm³/mol. The standard InChI is InChI=1S/C17H22N4O3S/c1-20(2)16-15(10-7-11-18-16)17(22)19-12-13-25(23,24)21(3)14-8-5-4-6-9-14/h4-11H,12-13H2,1-3H3,(H,19,22). The summed E-state index contributed by atoms with van der Waals surface area (Å²) in [6.07, 6.45) is 1.60. The molecule has 7 nitrogen and oxygen atoms in total. The molecule has 0 atom stereocenters. The first-order chi connectivity index (χ1) is 11.8. The van der Waals surface area contributed by atoms with Gasteiger partial charge < -0.3 is 10.2 Å². The number of hydrogen-bond acceptors (Lipinski definition) is 5. The van der Waals surface area contributed by atoms with E-state index in [4.69, 9.17) is 0 Å². The second-order valence-electron chi connectivity index (χ2n) is 5.64. The summed E-state index contributed by atoms with van der Waals surface area (Å²) in [5.41, 5.74) is 0.984. The van der Waals surface area contributed by atoms with Crippen LogP contribution >= 0.6 is 0 Å². The number of pyridine rings is 1. The molecule has 0 radical (unpaired) electrons. The number of hydrogen-bond donors (Lipinski definition) is 1. The fourth-order valence-corrected chi connectivity index (χ4v) is 3.33. The van der Waals surface area contributed by atoms with E-state index >= 15 is 0 Å². The molecule has 134 valence electrons. The van der Waals surface area contributed by atoms with Crippen LogP contribution in [0.2, 0.25) is 0 Å². The average Bonchev–Trinajstić information content (AvgIpc) is 2.61. The number of carbonyl (C=O) groups excluding carboxylic acids is 1. The third kappa shape index (κ3) is 4.69. The lowest BCUT2D eigenvalue weighted by atomic mass is 10.2. The molecule has 0 spiro atoms. The highest BCUT2D eigenvalue weighted by Gasteiger charge is 2.19. The summed E-state index contributed by atoms with van der Waals surface area (Å²) >= 11 is 0. The van der Waals surface area contributed by atoms with Crippen LogP contribution in [0.5, 0.6) is 0 Å². The molecule has 1 aromatic heterocycles. The van der Waals surface area contributed by atoms with Gasteiger partial charge >= 0.3 is 0 Å². The van der Waals surface area contributed by atoms with Gasteiger partial charge in [-0.15, -0.1) is 0 Å². The van der Waals surface area contributed by atoms with Gasteiger partial charge in [-0.2, -0.15) is 0 Å². The average molecular weight is 362 g/mol. The second-order valence-corrected chi connectivity index (χ2v) is 7.76. The number of anilines is 2. The van der Waals surface area contributed by atoms with Gasteiger partial charge in [0.25, 0.3) is 5.91 Å². The zero-order chi connectivity index (χ0) is 18.4. The first kappa shape index (κ1) is 18.7. The Morgan fingerprint density at radius 3 is 2.40 bits per heavy atom. The number of amides is 1. The lowest BCUT2D eigenvalue weighted by Crippen LogP contribution is -2.36. The normalized spacial score (nSPS) is 11.0. The molecule has 1 aromatic carbocycles. The van der Waals surface area contributed by atoms with Crippen molar-refractivity contribution in [3.63, 3.8) is 0 Å². The van der Waals surface area contributed by atoms with Crippen molar-refractivity contribution in [3.8, 4) is 0 Å². The maximum absolute atomic E-state index is 12.4. The molecule has 0 saturated heterocycles. The van der Waals surface area contributed by atoms with E-state index in [9.17, 15) is 13.2 Å². The molecule has 1 amide bonds. The van der Waals surface area contributed by atoms with Gasteiger partial charge in [0, 0.05) is 33.9 Å². The largest absolute Gasteiger partial charge is 0.362 e. The molecule has 1 N–H and O–H groups in total. The molecule has 1 heterocycles. The van der Waals surface area contributed by atoms with Crippen LogP contribution < -0.4 is 14.5 Å². The third-order valence-electron chi connectivity index (χ3n) is 3.64. The summed E-state index contributed by atoms with van der Waals surface area (Å²) in [6.45, 7) is 0.0140. The van der Waals surface area contributed by atoms with E-state index < -0.39 is 10.0 Å². The van der Waals surface area contributed by atoms with Crippen molar-refractivity contribution in [2.75, 3.05) is 42.6 Å². The van der Waals surface area contributed by atoms with Crippen LogP contribution in [-0.2, 0) is 10.0 Å². The lowest BCUT2D eigenvalue weighted by Gasteiger charge is -2.20. The summed E-state index contributed by atoms with van der Waals surface area (Å²) in [5.74, 6) is -0.0135. The van der Waals surface area contributed by atoms with Crippen molar-refractivity contribution in [1.82, 2.24) is 10.3 Å². The highest BCUT2D eigenvalue weighted by Crippen LogP contribution is 2.16. The van der Waals surface area contributed by atoms with Gasteiger partial charge in [0.2, 0.25) is 10.0 Å². The van der Waals surface area contributed by atoms with E-state index in [1.807, 2.05) is 6.07 Å². The fraction of sp³-hybridized carbons (Fsp3) is 0.294. The summed E-state index contributed by atoms with van der Waals surface area (Å²) in [5, 5.41) is 2.65. The number of para-hydroxylation sites is 1. The molecule has 0 unspecified atom stereocenters. The Bertz CT molecular complexity index is 823. The minimum Gasteiger partial charge on any atom is -0.362 e. The van der Waals surface area contributed by atoms with E-state index in [2.05, 4.69) is 10.3 Å². The van der Waals surface area contributed by atoms with Crippen LogP contribution in [0, 0.1) is 0 Å². The Balaban J connectivity index is 1.99. The molecule has 0 aliphatic carbocycles.